The van der Waals surface area contributed by atoms with Crippen LogP contribution in [0.1, 0.15) is 36.5 Å². The zero-order valence-electron chi connectivity index (χ0n) is 10.9. The minimum absolute atomic E-state index is 0.114. The number of carbonyl (C=O) groups is 2. The van der Waals surface area contributed by atoms with Gasteiger partial charge in [-0.25, -0.2) is 9.59 Å². The molecule has 0 bridgehead atoms. The van der Waals surface area contributed by atoms with Gasteiger partial charge in [-0.15, -0.1) is 0 Å². The average molecular weight is 262 g/mol. The fourth-order valence-corrected chi connectivity index (χ4v) is 2.49. The van der Waals surface area contributed by atoms with Crippen molar-refractivity contribution in [3.8, 4) is 0 Å². The predicted molar refractivity (Wildman–Crippen MR) is 72.4 cm³/mol. The van der Waals surface area contributed by atoms with Crippen molar-refractivity contribution >= 4 is 17.7 Å². The zero-order chi connectivity index (χ0) is 13.8. The Labute approximate surface area is 112 Å². The van der Waals surface area contributed by atoms with Crippen molar-refractivity contribution in [2.75, 3.05) is 11.9 Å². The summed E-state index contributed by atoms with van der Waals surface area (Å²) in [5, 5.41) is 11.8. The smallest absolute Gasteiger partial charge is 0.337 e. The van der Waals surface area contributed by atoms with Gasteiger partial charge in [0.25, 0.3) is 0 Å². The van der Waals surface area contributed by atoms with Crippen LogP contribution in [0.5, 0.6) is 0 Å². The summed E-state index contributed by atoms with van der Waals surface area (Å²) >= 11 is 0. The summed E-state index contributed by atoms with van der Waals surface area (Å²) in [4.78, 5) is 25.1. The Morgan fingerprint density at radius 1 is 1.42 bits per heavy atom. The number of hydrogen-bond acceptors (Lipinski definition) is 2. The van der Waals surface area contributed by atoms with Crippen molar-refractivity contribution in [1.82, 2.24) is 4.90 Å². The van der Waals surface area contributed by atoms with E-state index < -0.39 is 5.97 Å². The molecule has 2 rings (SSSR count). The molecule has 1 fully saturated rings. The van der Waals surface area contributed by atoms with Gasteiger partial charge in [0.15, 0.2) is 0 Å². The number of carbonyl (C=O) groups excluding carboxylic acids is 1. The van der Waals surface area contributed by atoms with Gasteiger partial charge in [-0.05, 0) is 31.4 Å². The molecule has 1 atom stereocenters. The van der Waals surface area contributed by atoms with E-state index in [0.29, 0.717) is 5.69 Å². The molecule has 0 radical (unpaired) electrons. The fraction of sp³-hybridized carbons (Fsp3) is 0.429. The molecule has 0 aromatic heterocycles. The van der Waals surface area contributed by atoms with E-state index in [1.165, 1.54) is 6.07 Å². The Morgan fingerprint density at radius 2 is 2.16 bits per heavy atom. The van der Waals surface area contributed by atoms with Crippen molar-refractivity contribution in [1.29, 1.82) is 0 Å². The molecule has 102 valence electrons. The molecule has 1 heterocycles. The topological polar surface area (TPSA) is 69.6 Å². The van der Waals surface area contributed by atoms with Gasteiger partial charge in [0, 0.05) is 12.6 Å². The molecule has 0 aliphatic carbocycles. The van der Waals surface area contributed by atoms with E-state index in [1.807, 2.05) is 0 Å². The first-order valence-electron chi connectivity index (χ1n) is 6.53. The predicted octanol–water partition coefficient (Wildman–Crippen LogP) is 2.79. The molecule has 1 saturated heterocycles. The molecule has 1 aliphatic rings. The third kappa shape index (κ3) is 2.86. The number of benzene rings is 1. The summed E-state index contributed by atoms with van der Waals surface area (Å²) < 4.78 is 0. The lowest BCUT2D eigenvalue weighted by Crippen LogP contribution is -2.38. The van der Waals surface area contributed by atoms with Gasteiger partial charge >= 0.3 is 12.0 Å². The average Bonchev–Trinajstić information content (AvgIpc) is 2.87. The molecule has 0 saturated carbocycles. The number of para-hydroxylation sites is 1. The number of anilines is 1. The lowest BCUT2D eigenvalue weighted by Gasteiger charge is -2.24. The minimum Gasteiger partial charge on any atom is -0.478 e. The fourth-order valence-electron chi connectivity index (χ4n) is 2.49. The Kier molecular flexibility index (Phi) is 4.04. The van der Waals surface area contributed by atoms with Crippen molar-refractivity contribution in [2.24, 2.45) is 0 Å². The summed E-state index contributed by atoms with van der Waals surface area (Å²) in [6.45, 7) is 2.79. The normalized spacial score (nSPS) is 18.4. The summed E-state index contributed by atoms with van der Waals surface area (Å²) in [5.74, 6) is -1.04. The molecular formula is C14H18N2O3. The summed E-state index contributed by atoms with van der Waals surface area (Å²) in [6, 6.07) is 6.50. The van der Waals surface area contributed by atoms with Crippen molar-refractivity contribution in [3.05, 3.63) is 29.8 Å². The van der Waals surface area contributed by atoms with Crippen LogP contribution in [0.3, 0.4) is 0 Å². The molecule has 1 aromatic carbocycles. The highest BCUT2D eigenvalue weighted by atomic mass is 16.4. The summed E-state index contributed by atoms with van der Waals surface area (Å²) in [7, 11) is 0. The van der Waals surface area contributed by atoms with Crippen LogP contribution in [0.4, 0.5) is 10.5 Å². The number of hydrogen-bond donors (Lipinski definition) is 2. The molecular weight excluding hydrogens is 244 g/mol. The Balaban J connectivity index is 2.13. The summed E-state index contributed by atoms with van der Waals surface area (Å²) in [5.41, 5.74) is 0.463. The van der Waals surface area contributed by atoms with Gasteiger partial charge in [-0.1, -0.05) is 19.1 Å². The number of carboxylic acids is 1. The third-order valence-electron chi connectivity index (χ3n) is 3.51. The van der Waals surface area contributed by atoms with Gasteiger partial charge in [0.1, 0.15) is 0 Å². The number of urea groups is 1. The Hall–Kier alpha value is -2.04. The number of likely N-dealkylation sites (tertiary alicyclic amines) is 1. The lowest BCUT2D eigenvalue weighted by molar-refractivity contribution is 0.0698. The lowest BCUT2D eigenvalue weighted by atomic mass is 10.1. The highest BCUT2D eigenvalue weighted by molar-refractivity contribution is 6.00. The molecule has 1 aromatic rings. The van der Waals surface area contributed by atoms with Gasteiger partial charge in [-0.2, -0.15) is 0 Å². The van der Waals surface area contributed by atoms with E-state index in [1.54, 1.807) is 23.1 Å². The van der Waals surface area contributed by atoms with Gasteiger partial charge in [-0.3, -0.25) is 0 Å². The number of rotatable bonds is 3. The highest BCUT2D eigenvalue weighted by Gasteiger charge is 2.27. The van der Waals surface area contributed by atoms with Crippen LogP contribution in [0.15, 0.2) is 24.3 Å². The quantitative estimate of drug-likeness (QED) is 0.880. The number of carboxylic acid groups (broad SMARTS) is 1. The molecule has 0 spiro atoms. The molecule has 1 unspecified atom stereocenters. The van der Waals surface area contributed by atoms with Crippen molar-refractivity contribution < 1.29 is 14.7 Å². The molecule has 19 heavy (non-hydrogen) atoms. The van der Waals surface area contributed by atoms with E-state index in [4.69, 9.17) is 5.11 Å². The monoisotopic (exact) mass is 262 g/mol. The second-order valence-corrected chi connectivity index (χ2v) is 4.68. The van der Waals surface area contributed by atoms with E-state index in [-0.39, 0.29) is 17.6 Å². The number of amides is 2. The van der Waals surface area contributed by atoms with E-state index >= 15 is 0 Å². The van der Waals surface area contributed by atoms with Crippen LogP contribution in [-0.4, -0.2) is 34.6 Å². The minimum atomic E-state index is -1.04. The first kappa shape index (κ1) is 13.4. The Bertz CT molecular complexity index is 487. The van der Waals surface area contributed by atoms with Gasteiger partial charge in [0.05, 0.1) is 11.3 Å². The standard InChI is InChI=1S/C14H18N2O3/c1-2-10-6-5-9-16(10)14(19)15-12-8-4-3-7-11(12)13(17)18/h3-4,7-8,10H,2,5-6,9H2,1H3,(H,15,19)(H,17,18). The van der Waals surface area contributed by atoms with Gasteiger partial charge < -0.3 is 15.3 Å². The SMILES string of the molecule is CCC1CCCN1C(=O)Nc1ccccc1C(=O)O. The number of aromatic carboxylic acids is 1. The first-order chi connectivity index (χ1) is 9.13. The third-order valence-corrected chi connectivity index (χ3v) is 3.51. The molecule has 1 aliphatic heterocycles. The molecule has 2 amide bonds. The van der Waals surface area contributed by atoms with Gasteiger partial charge in [0.2, 0.25) is 0 Å². The van der Waals surface area contributed by atoms with E-state index in [0.717, 1.165) is 25.8 Å². The van der Waals surface area contributed by atoms with Crippen LogP contribution >= 0.6 is 0 Å². The zero-order valence-corrected chi connectivity index (χ0v) is 10.9. The van der Waals surface area contributed by atoms with Crippen LogP contribution in [-0.2, 0) is 0 Å². The maximum absolute atomic E-state index is 12.2. The maximum Gasteiger partial charge on any atom is 0.337 e. The molecule has 2 N–H and O–H groups in total. The van der Waals surface area contributed by atoms with Crippen LogP contribution < -0.4 is 5.32 Å². The highest BCUT2D eigenvalue weighted by Crippen LogP contribution is 2.22. The van der Waals surface area contributed by atoms with E-state index in [2.05, 4.69) is 12.2 Å². The van der Waals surface area contributed by atoms with E-state index in [9.17, 15) is 9.59 Å². The maximum atomic E-state index is 12.2. The Morgan fingerprint density at radius 3 is 2.84 bits per heavy atom. The van der Waals surface area contributed by atoms with Crippen LogP contribution in [0.2, 0.25) is 0 Å². The largest absolute Gasteiger partial charge is 0.478 e. The second kappa shape index (κ2) is 5.73. The molecule has 5 nitrogen and oxygen atoms in total. The first-order valence-corrected chi connectivity index (χ1v) is 6.53. The number of nitrogens with one attached hydrogen (secondary N) is 1. The summed E-state index contributed by atoms with van der Waals surface area (Å²) in [6.07, 6.45) is 2.95. The van der Waals surface area contributed by atoms with Crippen molar-refractivity contribution in [2.45, 2.75) is 32.2 Å². The number of nitrogens with zero attached hydrogens (tertiary/aromatic N) is 1. The molecule has 5 heteroatoms. The van der Waals surface area contributed by atoms with Crippen molar-refractivity contribution in [3.63, 3.8) is 0 Å². The second-order valence-electron chi connectivity index (χ2n) is 4.68. The van der Waals surface area contributed by atoms with Crippen LogP contribution in [0, 0.1) is 0 Å². The van der Waals surface area contributed by atoms with Crippen LogP contribution in [0.25, 0.3) is 0 Å².